The minimum Gasteiger partial charge on any atom is -0.497 e. The van der Waals surface area contributed by atoms with Gasteiger partial charge in [-0.3, -0.25) is 0 Å². The molecule has 0 aliphatic carbocycles. The Balaban J connectivity index is 1.48. The smallest absolute Gasteiger partial charge is 0.199 e. The molecular weight excluding hydrogens is 533 g/mol. The van der Waals surface area contributed by atoms with Crippen molar-refractivity contribution in [1.82, 2.24) is 19.3 Å². The molecule has 5 rings (SSSR count). The molecule has 39 heavy (non-hydrogen) atoms. The summed E-state index contributed by atoms with van der Waals surface area (Å²) in [5.41, 5.74) is -0.332. The van der Waals surface area contributed by atoms with Crippen molar-refractivity contribution < 1.29 is 27.8 Å². The second kappa shape index (κ2) is 9.85. The Morgan fingerprint density at radius 2 is 1.64 bits per heavy atom. The number of aromatic hydroxyl groups is 1. The highest BCUT2D eigenvalue weighted by molar-refractivity contribution is 6.30. The van der Waals surface area contributed by atoms with E-state index in [0.29, 0.717) is 17.7 Å². The van der Waals surface area contributed by atoms with Gasteiger partial charge in [0.05, 0.1) is 19.2 Å². The van der Waals surface area contributed by atoms with Gasteiger partial charge >= 0.3 is 0 Å². The van der Waals surface area contributed by atoms with E-state index in [1.165, 1.54) is 16.8 Å². The van der Waals surface area contributed by atoms with Gasteiger partial charge in [-0.2, -0.15) is 0 Å². The van der Waals surface area contributed by atoms with Crippen molar-refractivity contribution >= 4 is 22.4 Å². The van der Waals surface area contributed by atoms with E-state index < -0.39 is 28.8 Å². The predicted molar refractivity (Wildman–Crippen MR) is 141 cm³/mol. The Morgan fingerprint density at radius 3 is 2.28 bits per heavy atom. The van der Waals surface area contributed by atoms with Gasteiger partial charge in [0.15, 0.2) is 40.5 Å². The zero-order valence-electron chi connectivity index (χ0n) is 21.5. The molecule has 0 saturated carbocycles. The summed E-state index contributed by atoms with van der Waals surface area (Å²) in [5, 5.41) is 19.5. The molecule has 0 spiro atoms. The number of benzene rings is 3. The number of rotatable bonds is 7. The molecule has 1 N–H and O–H groups in total. The fourth-order valence-electron chi connectivity index (χ4n) is 4.52. The van der Waals surface area contributed by atoms with E-state index in [4.69, 9.17) is 21.1 Å². The lowest BCUT2D eigenvalue weighted by Gasteiger charge is -2.26. The third-order valence-electron chi connectivity index (χ3n) is 6.46. The summed E-state index contributed by atoms with van der Waals surface area (Å²) in [4.78, 5) is 0. The number of nitrogens with zero attached hydrogens (tertiary/aromatic N) is 4. The van der Waals surface area contributed by atoms with Crippen LogP contribution in [0, 0.1) is 17.5 Å². The Bertz CT molecular complexity index is 1670. The molecular formula is C28H24ClF3N4O3. The highest BCUT2D eigenvalue weighted by Crippen LogP contribution is 2.37. The Morgan fingerprint density at radius 1 is 0.974 bits per heavy atom. The first kappa shape index (κ1) is 26.4. The maximum Gasteiger partial charge on any atom is 0.199 e. The van der Waals surface area contributed by atoms with Gasteiger partial charge in [-0.1, -0.05) is 23.7 Å². The van der Waals surface area contributed by atoms with Crippen molar-refractivity contribution in [2.24, 2.45) is 7.05 Å². The van der Waals surface area contributed by atoms with Crippen LogP contribution in [-0.4, -0.2) is 31.5 Å². The van der Waals surface area contributed by atoms with Crippen LogP contribution in [0.3, 0.4) is 0 Å². The van der Waals surface area contributed by atoms with Gasteiger partial charge in [0.25, 0.3) is 0 Å². The van der Waals surface area contributed by atoms with Crippen molar-refractivity contribution in [2.45, 2.75) is 26.0 Å². The lowest BCUT2D eigenvalue weighted by Crippen LogP contribution is -2.30. The molecule has 11 heteroatoms. The van der Waals surface area contributed by atoms with E-state index in [1.54, 1.807) is 50.8 Å². The van der Waals surface area contributed by atoms with Gasteiger partial charge < -0.3 is 23.7 Å². The quantitative estimate of drug-likeness (QED) is 0.245. The normalized spacial score (nSPS) is 11.8. The molecule has 0 fully saturated rings. The molecule has 0 aliphatic heterocycles. The summed E-state index contributed by atoms with van der Waals surface area (Å²) in [5.74, 6) is -2.16. The van der Waals surface area contributed by atoms with Gasteiger partial charge in [0, 0.05) is 29.0 Å². The van der Waals surface area contributed by atoms with Crippen LogP contribution in [0.4, 0.5) is 13.2 Å². The number of halogens is 4. The monoisotopic (exact) mass is 556 g/mol. The standard InChI is InChI=1S/C28H24ClF3N4O3/c1-28(2,39-24-21(30)11-16(29)12-22(24)31)27-34-33-25(35(27)3)19-10-9-18-20(23(19)32)14-36(26(18)37)13-15-5-7-17(38-4)8-6-15/h5-12,14,37H,13H2,1-4H3. The second-order valence-electron chi connectivity index (χ2n) is 9.53. The van der Waals surface area contributed by atoms with E-state index in [9.17, 15) is 13.9 Å². The predicted octanol–water partition coefficient (Wildman–Crippen LogP) is 6.58. The molecule has 7 nitrogen and oxygen atoms in total. The summed E-state index contributed by atoms with van der Waals surface area (Å²) >= 11 is 5.71. The second-order valence-corrected chi connectivity index (χ2v) is 9.97. The molecule has 0 bridgehead atoms. The van der Waals surface area contributed by atoms with Crippen LogP contribution in [-0.2, 0) is 19.2 Å². The first-order valence-electron chi connectivity index (χ1n) is 11.9. The lowest BCUT2D eigenvalue weighted by atomic mass is 10.1. The lowest BCUT2D eigenvalue weighted by molar-refractivity contribution is 0.0836. The van der Waals surface area contributed by atoms with E-state index in [0.717, 1.165) is 17.7 Å². The third-order valence-corrected chi connectivity index (χ3v) is 6.68. The molecule has 0 radical (unpaired) electrons. The Kier molecular flexibility index (Phi) is 6.67. The van der Waals surface area contributed by atoms with E-state index >= 15 is 4.39 Å². The zero-order chi connectivity index (χ0) is 28.1. The van der Waals surface area contributed by atoms with Crippen LogP contribution in [0.2, 0.25) is 5.02 Å². The number of methoxy groups -OCH3 is 1. The van der Waals surface area contributed by atoms with Crippen LogP contribution in [0.1, 0.15) is 25.2 Å². The van der Waals surface area contributed by atoms with Crippen molar-refractivity contribution in [1.29, 1.82) is 0 Å². The fraction of sp³-hybridized carbons (Fsp3) is 0.214. The summed E-state index contributed by atoms with van der Waals surface area (Å²) in [6.45, 7) is 3.44. The first-order chi connectivity index (χ1) is 18.5. The van der Waals surface area contributed by atoms with Gasteiger partial charge in [0.2, 0.25) is 0 Å². The van der Waals surface area contributed by atoms with E-state index in [-0.39, 0.29) is 33.5 Å². The summed E-state index contributed by atoms with van der Waals surface area (Å²) in [7, 11) is 3.17. The molecule has 5 aromatic rings. The van der Waals surface area contributed by atoms with Crippen LogP contribution in [0.15, 0.2) is 54.7 Å². The van der Waals surface area contributed by atoms with Gasteiger partial charge in [-0.15, -0.1) is 10.2 Å². The molecule has 0 saturated heterocycles. The van der Waals surface area contributed by atoms with Crippen LogP contribution >= 0.6 is 11.6 Å². The zero-order valence-corrected chi connectivity index (χ0v) is 22.2. The highest BCUT2D eigenvalue weighted by atomic mass is 35.5. The summed E-state index contributed by atoms with van der Waals surface area (Å²) in [6, 6.07) is 12.3. The SMILES string of the molecule is COc1ccc(Cn2cc3c(F)c(-c4nnc(C(C)(C)Oc5c(F)cc(Cl)cc5F)n4C)ccc3c2O)cc1. The molecule has 2 heterocycles. The number of fused-ring (bicyclic) bond motifs is 1. The van der Waals surface area contributed by atoms with Crippen LogP contribution in [0.25, 0.3) is 22.2 Å². The maximum atomic E-state index is 15.8. The highest BCUT2D eigenvalue weighted by Gasteiger charge is 2.33. The van der Waals surface area contributed by atoms with Crippen LogP contribution < -0.4 is 9.47 Å². The maximum absolute atomic E-state index is 15.8. The third kappa shape index (κ3) is 4.76. The van der Waals surface area contributed by atoms with E-state index in [1.807, 2.05) is 12.1 Å². The number of hydrogen-bond donors (Lipinski definition) is 1. The average Bonchev–Trinajstić information content (AvgIpc) is 3.43. The Labute approximate surface area is 227 Å². The minimum absolute atomic E-state index is 0.0773. The summed E-state index contributed by atoms with van der Waals surface area (Å²) in [6.07, 6.45) is 1.53. The molecule has 3 aromatic carbocycles. The molecule has 0 amide bonds. The van der Waals surface area contributed by atoms with Crippen molar-refractivity contribution in [3.63, 3.8) is 0 Å². The average molecular weight is 557 g/mol. The first-order valence-corrected chi connectivity index (χ1v) is 12.2. The molecule has 2 aromatic heterocycles. The number of ether oxygens (including phenoxy) is 2. The molecule has 0 aliphatic rings. The van der Waals surface area contributed by atoms with Gasteiger partial charge in [0.1, 0.15) is 11.6 Å². The van der Waals surface area contributed by atoms with Gasteiger partial charge in [-0.25, -0.2) is 13.2 Å². The number of aromatic nitrogens is 4. The number of hydrogen-bond acceptors (Lipinski definition) is 5. The largest absolute Gasteiger partial charge is 0.497 e. The van der Waals surface area contributed by atoms with Crippen LogP contribution in [0.5, 0.6) is 17.4 Å². The van der Waals surface area contributed by atoms with Gasteiger partial charge in [-0.05, 0) is 55.8 Å². The molecule has 0 unspecified atom stereocenters. The van der Waals surface area contributed by atoms with Crippen molar-refractivity contribution in [3.05, 3.63) is 88.6 Å². The van der Waals surface area contributed by atoms with Crippen molar-refractivity contribution in [2.75, 3.05) is 7.11 Å². The fourth-order valence-corrected chi connectivity index (χ4v) is 4.71. The summed E-state index contributed by atoms with van der Waals surface area (Å²) < 4.78 is 58.4. The topological polar surface area (TPSA) is 74.3 Å². The molecule has 202 valence electrons. The minimum atomic E-state index is -1.35. The van der Waals surface area contributed by atoms with E-state index in [2.05, 4.69) is 10.2 Å². The molecule has 0 atom stereocenters. The Hall–Kier alpha value is -4.18. The van der Waals surface area contributed by atoms with Crippen molar-refractivity contribution in [3.8, 4) is 28.8 Å².